The van der Waals surface area contributed by atoms with E-state index in [9.17, 15) is 0 Å². The fourth-order valence-electron chi connectivity index (χ4n) is 1.11. The van der Waals surface area contributed by atoms with Gasteiger partial charge in [-0.05, 0) is 13.0 Å². The summed E-state index contributed by atoms with van der Waals surface area (Å²) >= 11 is 0. The van der Waals surface area contributed by atoms with E-state index in [1.54, 1.807) is 0 Å². The summed E-state index contributed by atoms with van der Waals surface area (Å²) in [5.41, 5.74) is 7.51. The normalized spacial score (nSPS) is 9.77. The smallest absolute Gasteiger partial charge is 0.123 e. The third-order valence-corrected chi connectivity index (χ3v) is 1.74. The van der Waals surface area contributed by atoms with E-state index in [1.807, 2.05) is 44.1 Å². The third kappa shape index (κ3) is 2.54. The van der Waals surface area contributed by atoms with E-state index < -0.39 is 0 Å². The Morgan fingerprint density at radius 3 is 2.54 bits per heavy atom. The molecule has 2 N–H and O–H groups in total. The molecular formula is C10H16N2O. The largest absolute Gasteiger partial charge is 0.494 e. The summed E-state index contributed by atoms with van der Waals surface area (Å²) in [5.74, 6) is 0.825. The number of nitrogens with two attached hydrogens (primary N) is 1. The summed E-state index contributed by atoms with van der Waals surface area (Å²) < 4.78 is 5.37. The van der Waals surface area contributed by atoms with E-state index in [1.165, 1.54) is 0 Å². The molecule has 0 bridgehead atoms. The molecule has 0 spiro atoms. The summed E-state index contributed by atoms with van der Waals surface area (Å²) in [6.07, 6.45) is 0. The Morgan fingerprint density at radius 1 is 1.31 bits per heavy atom. The summed E-state index contributed by atoms with van der Waals surface area (Å²) in [6, 6.07) is 5.72. The van der Waals surface area contributed by atoms with Gasteiger partial charge in [-0.15, -0.1) is 0 Å². The minimum absolute atomic E-state index is 0.663. The van der Waals surface area contributed by atoms with Crippen molar-refractivity contribution >= 4 is 11.4 Å². The highest BCUT2D eigenvalue weighted by Crippen LogP contribution is 2.23. The standard InChI is InChI=1S/C10H16N2O/c1-4-13-10-6-8(11)5-9(7-10)12(2)3/h5-7H,4,11H2,1-3H3. The molecule has 0 heterocycles. The minimum atomic E-state index is 0.663. The van der Waals surface area contributed by atoms with Crippen LogP contribution < -0.4 is 15.4 Å². The number of hydrogen-bond donors (Lipinski definition) is 1. The molecule has 13 heavy (non-hydrogen) atoms. The van der Waals surface area contributed by atoms with Crippen molar-refractivity contribution in [2.24, 2.45) is 0 Å². The summed E-state index contributed by atoms with van der Waals surface area (Å²) in [4.78, 5) is 2.00. The molecule has 1 aromatic rings. The van der Waals surface area contributed by atoms with Crippen LogP contribution in [-0.4, -0.2) is 20.7 Å². The number of nitrogen functional groups attached to an aromatic ring is 1. The summed E-state index contributed by atoms with van der Waals surface area (Å²) in [6.45, 7) is 2.62. The maximum Gasteiger partial charge on any atom is 0.123 e. The molecule has 0 aliphatic heterocycles. The van der Waals surface area contributed by atoms with Crippen LogP contribution in [0.1, 0.15) is 6.92 Å². The van der Waals surface area contributed by atoms with Gasteiger partial charge in [0.05, 0.1) is 6.61 Å². The lowest BCUT2D eigenvalue weighted by Crippen LogP contribution is -2.09. The van der Waals surface area contributed by atoms with Gasteiger partial charge >= 0.3 is 0 Å². The third-order valence-electron chi connectivity index (χ3n) is 1.74. The fourth-order valence-corrected chi connectivity index (χ4v) is 1.11. The highest BCUT2D eigenvalue weighted by atomic mass is 16.5. The Balaban J connectivity index is 2.96. The van der Waals surface area contributed by atoms with Crippen molar-refractivity contribution in [3.8, 4) is 5.75 Å². The van der Waals surface area contributed by atoms with Gasteiger partial charge in [0.15, 0.2) is 0 Å². The first-order chi connectivity index (χ1) is 6.13. The molecular weight excluding hydrogens is 164 g/mol. The average Bonchev–Trinajstić information content (AvgIpc) is 2.03. The molecule has 3 heteroatoms. The first-order valence-corrected chi connectivity index (χ1v) is 4.34. The van der Waals surface area contributed by atoms with Crippen molar-refractivity contribution in [1.82, 2.24) is 0 Å². The van der Waals surface area contributed by atoms with Crippen molar-refractivity contribution in [3.63, 3.8) is 0 Å². The van der Waals surface area contributed by atoms with Crippen LogP contribution in [0.2, 0.25) is 0 Å². The SMILES string of the molecule is CCOc1cc(N)cc(N(C)C)c1. The van der Waals surface area contributed by atoms with Gasteiger partial charge in [0.1, 0.15) is 5.75 Å². The van der Waals surface area contributed by atoms with Crippen molar-refractivity contribution in [2.45, 2.75) is 6.92 Å². The number of anilines is 2. The van der Waals surface area contributed by atoms with Crippen LogP contribution >= 0.6 is 0 Å². The Hall–Kier alpha value is -1.38. The van der Waals surface area contributed by atoms with Gasteiger partial charge in [0.25, 0.3) is 0 Å². The molecule has 72 valence electrons. The predicted molar refractivity (Wildman–Crippen MR) is 56.4 cm³/mol. The molecule has 0 saturated carbocycles. The van der Waals surface area contributed by atoms with Gasteiger partial charge in [-0.2, -0.15) is 0 Å². The van der Waals surface area contributed by atoms with Gasteiger partial charge in [0.2, 0.25) is 0 Å². The first-order valence-electron chi connectivity index (χ1n) is 4.34. The topological polar surface area (TPSA) is 38.5 Å². The highest BCUT2D eigenvalue weighted by molar-refractivity contribution is 5.59. The van der Waals surface area contributed by atoms with E-state index >= 15 is 0 Å². The monoisotopic (exact) mass is 180 g/mol. The van der Waals surface area contributed by atoms with Gasteiger partial charge in [0, 0.05) is 37.6 Å². The van der Waals surface area contributed by atoms with Crippen LogP contribution in [0.3, 0.4) is 0 Å². The zero-order valence-corrected chi connectivity index (χ0v) is 8.37. The van der Waals surface area contributed by atoms with Crippen LogP contribution in [-0.2, 0) is 0 Å². The molecule has 0 unspecified atom stereocenters. The van der Waals surface area contributed by atoms with Crippen LogP contribution in [0.4, 0.5) is 11.4 Å². The zero-order valence-electron chi connectivity index (χ0n) is 8.37. The number of nitrogens with zero attached hydrogens (tertiary/aromatic N) is 1. The van der Waals surface area contributed by atoms with Gasteiger partial charge < -0.3 is 15.4 Å². The van der Waals surface area contributed by atoms with E-state index in [2.05, 4.69) is 0 Å². The molecule has 3 nitrogen and oxygen atoms in total. The van der Waals surface area contributed by atoms with E-state index in [0.29, 0.717) is 6.61 Å². The maximum absolute atomic E-state index is 5.72. The van der Waals surface area contributed by atoms with Crippen molar-refractivity contribution < 1.29 is 4.74 Å². The number of ether oxygens (including phenoxy) is 1. The van der Waals surface area contributed by atoms with Gasteiger partial charge in [-0.1, -0.05) is 0 Å². The molecule has 0 fully saturated rings. The lowest BCUT2D eigenvalue weighted by atomic mass is 10.2. The average molecular weight is 180 g/mol. The second-order valence-electron chi connectivity index (χ2n) is 3.09. The van der Waals surface area contributed by atoms with E-state index in [0.717, 1.165) is 17.1 Å². The van der Waals surface area contributed by atoms with E-state index in [4.69, 9.17) is 10.5 Å². The summed E-state index contributed by atoms with van der Waals surface area (Å²) in [5, 5.41) is 0. The molecule has 1 aromatic carbocycles. The van der Waals surface area contributed by atoms with Crippen LogP contribution in [0.5, 0.6) is 5.75 Å². The Morgan fingerprint density at radius 2 is 2.00 bits per heavy atom. The second-order valence-corrected chi connectivity index (χ2v) is 3.09. The van der Waals surface area contributed by atoms with Crippen LogP contribution in [0, 0.1) is 0 Å². The quantitative estimate of drug-likeness (QED) is 0.720. The first kappa shape index (κ1) is 9.71. The number of rotatable bonds is 3. The molecule has 0 radical (unpaired) electrons. The van der Waals surface area contributed by atoms with Gasteiger partial charge in [-0.3, -0.25) is 0 Å². The molecule has 0 saturated heterocycles. The van der Waals surface area contributed by atoms with Crippen molar-refractivity contribution in [3.05, 3.63) is 18.2 Å². The molecule has 0 atom stereocenters. The Labute approximate surface area is 79.1 Å². The number of benzene rings is 1. The van der Waals surface area contributed by atoms with Gasteiger partial charge in [-0.25, -0.2) is 0 Å². The fraction of sp³-hybridized carbons (Fsp3) is 0.400. The maximum atomic E-state index is 5.72. The Kier molecular flexibility index (Phi) is 3.01. The summed E-state index contributed by atoms with van der Waals surface area (Å²) in [7, 11) is 3.95. The van der Waals surface area contributed by atoms with Crippen LogP contribution in [0.25, 0.3) is 0 Å². The lowest BCUT2D eigenvalue weighted by molar-refractivity contribution is 0.340. The molecule has 0 amide bonds. The molecule has 0 aliphatic rings. The minimum Gasteiger partial charge on any atom is -0.494 e. The second kappa shape index (κ2) is 4.03. The zero-order chi connectivity index (χ0) is 9.84. The van der Waals surface area contributed by atoms with Crippen molar-refractivity contribution in [1.29, 1.82) is 0 Å². The molecule has 1 rings (SSSR count). The van der Waals surface area contributed by atoms with Crippen LogP contribution in [0.15, 0.2) is 18.2 Å². The Bertz CT molecular complexity index is 284. The lowest BCUT2D eigenvalue weighted by Gasteiger charge is -2.14. The number of hydrogen-bond acceptors (Lipinski definition) is 3. The predicted octanol–water partition coefficient (Wildman–Crippen LogP) is 1.73. The molecule has 0 aliphatic carbocycles. The van der Waals surface area contributed by atoms with Crippen molar-refractivity contribution in [2.75, 3.05) is 31.3 Å². The molecule has 0 aromatic heterocycles. The highest BCUT2D eigenvalue weighted by Gasteiger charge is 2.00. The van der Waals surface area contributed by atoms with E-state index in [-0.39, 0.29) is 0 Å².